The molecule has 0 unspecified atom stereocenters. The minimum atomic E-state index is -0.161. The quantitative estimate of drug-likeness (QED) is 0.587. The van der Waals surface area contributed by atoms with Gasteiger partial charge in [0.25, 0.3) is 5.91 Å². The van der Waals surface area contributed by atoms with Crippen LogP contribution in [0.4, 0.5) is 11.4 Å². The van der Waals surface area contributed by atoms with Crippen LogP contribution in [-0.4, -0.2) is 18.4 Å². The highest BCUT2D eigenvalue weighted by molar-refractivity contribution is 6.04. The third kappa shape index (κ3) is 5.79. The molecule has 0 saturated carbocycles. The normalized spacial score (nSPS) is 10.3. The molecule has 2 amide bonds. The maximum absolute atomic E-state index is 12.3. The van der Waals surface area contributed by atoms with Crippen molar-refractivity contribution in [3.05, 3.63) is 95.6 Å². The lowest BCUT2D eigenvalue weighted by Crippen LogP contribution is -2.27. The smallest absolute Gasteiger partial charge is 0.255 e. The lowest BCUT2D eigenvalue weighted by Gasteiger charge is -2.09. The monoisotopic (exact) mass is 373 g/mol. The fourth-order valence-corrected chi connectivity index (χ4v) is 2.75. The zero-order chi connectivity index (χ0) is 19.8. The van der Waals surface area contributed by atoms with Gasteiger partial charge in [-0.25, -0.2) is 0 Å². The van der Waals surface area contributed by atoms with Crippen LogP contribution in [0.25, 0.3) is 0 Å². The number of rotatable bonds is 7. The molecular weight excluding hydrogens is 350 g/mol. The van der Waals surface area contributed by atoms with E-state index in [1.807, 2.05) is 55.5 Å². The van der Waals surface area contributed by atoms with Gasteiger partial charge in [0.15, 0.2) is 0 Å². The summed E-state index contributed by atoms with van der Waals surface area (Å²) in [6, 6.07) is 24.4. The van der Waals surface area contributed by atoms with Crippen LogP contribution in [0.2, 0.25) is 0 Å². The molecule has 28 heavy (non-hydrogen) atoms. The Labute approximate surface area is 164 Å². The lowest BCUT2D eigenvalue weighted by atomic mass is 10.1. The molecule has 0 aliphatic rings. The Hall–Kier alpha value is -3.44. The number of hydrogen-bond donors (Lipinski definition) is 3. The predicted octanol–water partition coefficient (Wildman–Crippen LogP) is 3.98. The summed E-state index contributed by atoms with van der Waals surface area (Å²) in [6.07, 6.45) is 0. The predicted molar refractivity (Wildman–Crippen MR) is 112 cm³/mol. The van der Waals surface area contributed by atoms with Crippen LogP contribution in [0.1, 0.15) is 21.5 Å². The topological polar surface area (TPSA) is 70.2 Å². The van der Waals surface area contributed by atoms with Crippen LogP contribution in [0.5, 0.6) is 0 Å². The van der Waals surface area contributed by atoms with Gasteiger partial charge in [-0.05, 0) is 48.9 Å². The van der Waals surface area contributed by atoms with Crippen LogP contribution in [0.15, 0.2) is 78.9 Å². The number of carbonyl (C=O) groups excluding carboxylic acids is 2. The second-order valence-electron chi connectivity index (χ2n) is 6.54. The molecular formula is C23H23N3O2. The highest BCUT2D eigenvalue weighted by Gasteiger charge is 2.07. The van der Waals surface area contributed by atoms with Crippen LogP contribution in [-0.2, 0) is 11.3 Å². The molecule has 0 bridgehead atoms. The van der Waals surface area contributed by atoms with E-state index in [-0.39, 0.29) is 18.4 Å². The second-order valence-corrected chi connectivity index (χ2v) is 6.54. The second kappa shape index (κ2) is 9.48. The maximum atomic E-state index is 12.3. The Kier molecular flexibility index (Phi) is 6.54. The van der Waals surface area contributed by atoms with Crippen LogP contribution < -0.4 is 16.0 Å². The number of hydrogen-bond acceptors (Lipinski definition) is 3. The number of aryl methyl sites for hydroxylation is 1. The molecule has 5 heteroatoms. The van der Waals surface area contributed by atoms with Gasteiger partial charge in [0.1, 0.15) is 0 Å². The van der Waals surface area contributed by atoms with E-state index in [1.54, 1.807) is 30.3 Å². The molecule has 0 radical (unpaired) electrons. The summed E-state index contributed by atoms with van der Waals surface area (Å²) < 4.78 is 0. The van der Waals surface area contributed by atoms with Gasteiger partial charge < -0.3 is 16.0 Å². The van der Waals surface area contributed by atoms with Gasteiger partial charge >= 0.3 is 0 Å². The largest absolute Gasteiger partial charge is 0.325 e. The molecule has 0 fully saturated rings. The van der Waals surface area contributed by atoms with Crippen molar-refractivity contribution in [3.63, 3.8) is 0 Å². The van der Waals surface area contributed by atoms with E-state index in [0.29, 0.717) is 23.5 Å². The Bertz CT molecular complexity index is 938. The molecule has 3 aromatic carbocycles. The summed E-state index contributed by atoms with van der Waals surface area (Å²) in [4.78, 5) is 24.3. The summed E-state index contributed by atoms with van der Waals surface area (Å²) in [5.41, 5.74) is 4.13. The van der Waals surface area contributed by atoms with Gasteiger partial charge in [-0.2, -0.15) is 0 Å². The Morgan fingerprint density at radius 1 is 0.786 bits per heavy atom. The molecule has 0 saturated heterocycles. The molecule has 0 atom stereocenters. The SMILES string of the molecule is Cc1cccc(C(=O)Nc2ccc(NC(=O)CNCc3ccccc3)cc2)c1. The van der Waals surface area contributed by atoms with Gasteiger partial charge in [0, 0.05) is 23.5 Å². The van der Waals surface area contributed by atoms with Crippen molar-refractivity contribution < 1.29 is 9.59 Å². The zero-order valence-electron chi connectivity index (χ0n) is 15.7. The molecule has 142 valence electrons. The van der Waals surface area contributed by atoms with Crippen LogP contribution in [0.3, 0.4) is 0 Å². The standard InChI is InChI=1S/C23H23N3O2/c1-17-6-5-9-19(14-17)23(28)26-21-12-10-20(11-13-21)25-22(27)16-24-15-18-7-3-2-4-8-18/h2-14,24H,15-16H2,1H3,(H,25,27)(H,26,28). The summed E-state index contributed by atoms with van der Waals surface area (Å²) >= 11 is 0. The maximum Gasteiger partial charge on any atom is 0.255 e. The summed E-state index contributed by atoms with van der Waals surface area (Å²) in [7, 11) is 0. The van der Waals surface area contributed by atoms with Crippen molar-refractivity contribution in [2.75, 3.05) is 17.2 Å². The molecule has 0 aromatic heterocycles. The average molecular weight is 373 g/mol. The van der Waals surface area contributed by atoms with Gasteiger partial charge in [0.2, 0.25) is 5.91 Å². The molecule has 3 aromatic rings. The molecule has 0 spiro atoms. The lowest BCUT2D eigenvalue weighted by molar-refractivity contribution is -0.115. The van der Waals surface area contributed by atoms with Crippen LogP contribution in [0, 0.1) is 6.92 Å². The van der Waals surface area contributed by atoms with Gasteiger partial charge in [-0.1, -0.05) is 48.0 Å². The molecule has 0 aliphatic carbocycles. The van der Waals surface area contributed by atoms with Crippen molar-refractivity contribution in [1.29, 1.82) is 0 Å². The summed E-state index contributed by atoms with van der Waals surface area (Å²) in [6.45, 7) is 2.81. The van der Waals surface area contributed by atoms with Crippen molar-refractivity contribution in [2.24, 2.45) is 0 Å². The van der Waals surface area contributed by atoms with Crippen LogP contribution >= 0.6 is 0 Å². The molecule has 5 nitrogen and oxygen atoms in total. The fourth-order valence-electron chi connectivity index (χ4n) is 2.75. The summed E-state index contributed by atoms with van der Waals surface area (Å²) in [5.74, 6) is -0.280. The fraction of sp³-hybridized carbons (Fsp3) is 0.130. The van der Waals surface area contributed by atoms with E-state index < -0.39 is 0 Å². The first-order valence-corrected chi connectivity index (χ1v) is 9.13. The van der Waals surface area contributed by atoms with E-state index in [2.05, 4.69) is 16.0 Å². The highest BCUT2D eigenvalue weighted by Crippen LogP contribution is 2.15. The van der Waals surface area contributed by atoms with Crippen molar-refractivity contribution >= 4 is 23.2 Å². The first kappa shape index (κ1) is 19.3. The van der Waals surface area contributed by atoms with Crippen molar-refractivity contribution in [2.45, 2.75) is 13.5 Å². The van der Waals surface area contributed by atoms with E-state index in [9.17, 15) is 9.59 Å². The molecule has 3 N–H and O–H groups in total. The van der Waals surface area contributed by atoms with Gasteiger partial charge in [-0.15, -0.1) is 0 Å². The number of benzene rings is 3. The first-order valence-electron chi connectivity index (χ1n) is 9.13. The molecule has 0 aliphatic heterocycles. The average Bonchev–Trinajstić information content (AvgIpc) is 2.70. The first-order chi connectivity index (χ1) is 13.6. The zero-order valence-corrected chi connectivity index (χ0v) is 15.7. The Balaban J connectivity index is 1.47. The van der Waals surface area contributed by atoms with E-state index in [1.165, 1.54) is 0 Å². The number of amides is 2. The van der Waals surface area contributed by atoms with Gasteiger partial charge in [-0.3, -0.25) is 9.59 Å². The van der Waals surface area contributed by atoms with E-state index in [0.717, 1.165) is 11.1 Å². The number of anilines is 2. The third-order valence-electron chi connectivity index (χ3n) is 4.16. The highest BCUT2D eigenvalue weighted by atomic mass is 16.2. The third-order valence-corrected chi connectivity index (χ3v) is 4.16. The number of nitrogens with one attached hydrogen (secondary N) is 3. The van der Waals surface area contributed by atoms with E-state index >= 15 is 0 Å². The van der Waals surface area contributed by atoms with Crippen molar-refractivity contribution in [3.8, 4) is 0 Å². The number of carbonyl (C=O) groups is 2. The Morgan fingerprint density at radius 3 is 2.14 bits per heavy atom. The molecule has 0 heterocycles. The van der Waals surface area contributed by atoms with Gasteiger partial charge in [0.05, 0.1) is 6.54 Å². The Morgan fingerprint density at radius 2 is 1.46 bits per heavy atom. The summed E-state index contributed by atoms with van der Waals surface area (Å²) in [5, 5.41) is 8.80. The van der Waals surface area contributed by atoms with Crippen molar-refractivity contribution in [1.82, 2.24) is 5.32 Å². The minimum Gasteiger partial charge on any atom is -0.325 e. The molecule has 3 rings (SSSR count). The minimum absolute atomic E-state index is 0.118. The van der Waals surface area contributed by atoms with E-state index in [4.69, 9.17) is 0 Å².